The summed E-state index contributed by atoms with van der Waals surface area (Å²) >= 11 is 0. The molecule has 1 amide bonds. The van der Waals surface area contributed by atoms with Gasteiger partial charge in [-0.2, -0.15) is 0 Å². The summed E-state index contributed by atoms with van der Waals surface area (Å²) in [7, 11) is 1.42. The first-order valence-corrected chi connectivity index (χ1v) is 5.26. The largest absolute Gasteiger partial charge is 0.494 e. The van der Waals surface area contributed by atoms with E-state index in [4.69, 9.17) is 10.5 Å². The molecule has 0 atom stereocenters. The van der Waals surface area contributed by atoms with Crippen molar-refractivity contribution >= 4 is 11.6 Å². The molecule has 3 N–H and O–H groups in total. The maximum atomic E-state index is 13.0. The van der Waals surface area contributed by atoms with Gasteiger partial charge < -0.3 is 15.8 Å². The number of ether oxygens (including phenoxy) is 1. The van der Waals surface area contributed by atoms with E-state index in [0.717, 1.165) is 0 Å². The molecule has 5 heteroatoms. The van der Waals surface area contributed by atoms with Crippen molar-refractivity contribution in [2.45, 2.75) is 13.8 Å². The average Bonchev–Trinajstić information content (AvgIpc) is 2.31. The second-order valence-corrected chi connectivity index (χ2v) is 4.39. The zero-order valence-electron chi connectivity index (χ0n) is 10.2. The Morgan fingerprint density at radius 2 is 2.18 bits per heavy atom. The van der Waals surface area contributed by atoms with E-state index >= 15 is 0 Å². The minimum Gasteiger partial charge on any atom is -0.494 e. The number of hydrogen-bond donors (Lipinski definition) is 2. The van der Waals surface area contributed by atoms with Crippen LogP contribution in [0.1, 0.15) is 13.8 Å². The number of nitrogens with two attached hydrogens (primary N) is 1. The van der Waals surface area contributed by atoms with Gasteiger partial charge >= 0.3 is 0 Å². The molecule has 0 aliphatic rings. The number of carbonyl (C=O) groups excluding carboxylic acids is 1. The zero-order chi connectivity index (χ0) is 13.1. The number of hydrogen-bond acceptors (Lipinski definition) is 3. The van der Waals surface area contributed by atoms with Crippen LogP contribution in [0.15, 0.2) is 18.2 Å². The molecule has 0 radical (unpaired) electrons. The molecule has 17 heavy (non-hydrogen) atoms. The Hall–Kier alpha value is -1.62. The quantitative estimate of drug-likeness (QED) is 0.842. The van der Waals surface area contributed by atoms with Crippen LogP contribution in [0.3, 0.4) is 0 Å². The highest BCUT2D eigenvalue weighted by atomic mass is 19.1. The van der Waals surface area contributed by atoms with Gasteiger partial charge in [0.1, 0.15) is 11.6 Å². The molecule has 0 spiro atoms. The monoisotopic (exact) mass is 240 g/mol. The highest BCUT2D eigenvalue weighted by Crippen LogP contribution is 2.26. The Balaban J connectivity index is 2.92. The molecule has 0 aliphatic carbocycles. The van der Waals surface area contributed by atoms with Crippen molar-refractivity contribution in [3.63, 3.8) is 0 Å². The molecule has 1 aromatic rings. The summed E-state index contributed by atoms with van der Waals surface area (Å²) < 4.78 is 17.9. The highest BCUT2D eigenvalue weighted by molar-refractivity contribution is 5.96. The van der Waals surface area contributed by atoms with Crippen molar-refractivity contribution in [3.8, 4) is 5.75 Å². The van der Waals surface area contributed by atoms with E-state index in [0.29, 0.717) is 5.69 Å². The maximum absolute atomic E-state index is 13.0. The second kappa shape index (κ2) is 5.14. The summed E-state index contributed by atoms with van der Waals surface area (Å²) in [4.78, 5) is 11.9. The van der Waals surface area contributed by atoms with E-state index in [-0.39, 0.29) is 18.2 Å². The summed E-state index contributed by atoms with van der Waals surface area (Å²) in [5, 5.41) is 2.67. The van der Waals surface area contributed by atoms with Crippen LogP contribution in [0.25, 0.3) is 0 Å². The fourth-order valence-corrected chi connectivity index (χ4v) is 1.15. The number of benzene rings is 1. The lowest BCUT2D eigenvalue weighted by atomic mass is 9.92. The zero-order valence-corrected chi connectivity index (χ0v) is 10.2. The fraction of sp³-hybridized carbons (Fsp3) is 0.417. The van der Waals surface area contributed by atoms with Gasteiger partial charge in [0, 0.05) is 12.6 Å². The minimum atomic E-state index is -0.681. The summed E-state index contributed by atoms with van der Waals surface area (Å²) in [6, 6.07) is 3.93. The molecular weight excluding hydrogens is 223 g/mol. The third-order valence-electron chi connectivity index (χ3n) is 2.54. The molecule has 0 aromatic heterocycles. The standard InChI is InChI=1S/C12H17FN2O2/c1-12(2,7-14)11(16)15-9-5-4-8(13)6-10(9)17-3/h4-6H,7,14H2,1-3H3,(H,15,16). The van der Waals surface area contributed by atoms with Gasteiger partial charge in [-0.05, 0) is 26.0 Å². The first kappa shape index (κ1) is 13.4. The highest BCUT2D eigenvalue weighted by Gasteiger charge is 2.26. The molecule has 4 nitrogen and oxygen atoms in total. The fourth-order valence-electron chi connectivity index (χ4n) is 1.15. The van der Waals surface area contributed by atoms with Gasteiger partial charge in [0.2, 0.25) is 5.91 Å². The van der Waals surface area contributed by atoms with Crippen LogP contribution in [0.4, 0.5) is 10.1 Å². The van der Waals surface area contributed by atoms with Gasteiger partial charge in [-0.3, -0.25) is 4.79 Å². The number of anilines is 1. The average molecular weight is 240 g/mol. The van der Waals surface area contributed by atoms with Crippen molar-refractivity contribution in [1.29, 1.82) is 0 Å². The molecule has 94 valence electrons. The van der Waals surface area contributed by atoms with Gasteiger partial charge in [0.05, 0.1) is 18.2 Å². The first-order valence-electron chi connectivity index (χ1n) is 5.26. The molecule has 0 bridgehead atoms. The lowest BCUT2D eigenvalue weighted by Crippen LogP contribution is -2.37. The van der Waals surface area contributed by atoms with E-state index in [2.05, 4.69) is 5.32 Å². The Morgan fingerprint density at radius 1 is 1.53 bits per heavy atom. The predicted octanol–water partition coefficient (Wildman–Crippen LogP) is 1.76. The molecule has 0 saturated carbocycles. The van der Waals surface area contributed by atoms with E-state index in [9.17, 15) is 9.18 Å². The van der Waals surface area contributed by atoms with Gasteiger partial charge in [-0.15, -0.1) is 0 Å². The van der Waals surface area contributed by atoms with Crippen molar-refractivity contribution < 1.29 is 13.9 Å². The molecule has 0 heterocycles. The van der Waals surface area contributed by atoms with E-state index in [1.54, 1.807) is 13.8 Å². The van der Waals surface area contributed by atoms with Crippen LogP contribution < -0.4 is 15.8 Å². The second-order valence-electron chi connectivity index (χ2n) is 4.39. The predicted molar refractivity (Wildman–Crippen MR) is 64.4 cm³/mol. The normalized spacial score (nSPS) is 11.1. The Kier molecular flexibility index (Phi) is 4.07. The molecule has 0 fully saturated rings. The van der Waals surface area contributed by atoms with E-state index in [1.165, 1.54) is 25.3 Å². The van der Waals surface area contributed by atoms with Crippen molar-refractivity contribution in [2.24, 2.45) is 11.1 Å². The number of rotatable bonds is 4. The van der Waals surface area contributed by atoms with Gasteiger partial charge in [0.25, 0.3) is 0 Å². The van der Waals surface area contributed by atoms with Gasteiger partial charge in [-0.1, -0.05) is 0 Å². The van der Waals surface area contributed by atoms with E-state index in [1.807, 2.05) is 0 Å². The van der Waals surface area contributed by atoms with Gasteiger partial charge in [-0.25, -0.2) is 4.39 Å². The Labute approximate surface area is 100.0 Å². The lowest BCUT2D eigenvalue weighted by molar-refractivity contribution is -0.123. The molecule has 1 aromatic carbocycles. The third-order valence-corrected chi connectivity index (χ3v) is 2.54. The van der Waals surface area contributed by atoms with Crippen LogP contribution in [-0.4, -0.2) is 19.6 Å². The lowest BCUT2D eigenvalue weighted by Gasteiger charge is -2.22. The van der Waals surface area contributed by atoms with Crippen molar-refractivity contribution in [1.82, 2.24) is 0 Å². The molecule has 0 saturated heterocycles. The van der Waals surface area contributed by atoms with Crippen molar-refractivity contribution in [2.75, 3.05) is 19.0 Å². The number of halogens is 1. The Morgan fingerprint density at radius 3 is 2.71 bits per heavy atom. The maximum Gasteiger partial charge on any atom is 0.231 e. The third kappa shape index (κ3) is 3.17. The smallest absolute Gasteiger partial charge is 0.231 e. The van der Waals surface area contributed by atoms with Crippen LogP contribution in [0.2, 0.25) is 0 Å². The summed E-state index contributed by atoms with van der Waals surface area (Å²) in [5.74, 6) is -0.367. The molecule has 0 unspecified atom stereocenters. The number of amides is 1. The number of carbonyl (C=O) groups is 1. The Bertz CT molecular complexity index is 419. The summed E-state index contributed by atoms with van der Waals surface area (Å²) in [5.41, 5.74) is 5.25. The SMILES string of the molecule is COc1cc(F)ccc1NC(=O)C(C)(C)CN. The molecule has 0 aliphatic heterocycles. The van der Waals surface area contributed by atoms with Crippen LogP contribution in [0, 0.1) is 11.2 Å². The summed E-state index contributed by atoms with van der Waals surface area (Å²) in [6.45, 7) is 3.69. The molecule has 1 rings (SSSR count). The first-order chi connectivity index (χ1) is 7.90. The van der Waals surface area contributed by atoms with Gasteiger partial charge in [0.15, 0.2) is 0 Å². The molecular formula is C12H17FN2O2. The summed E-state index contributed by atoms with van der Waals surface area (Å²) in [6.07, 6.45) is 0. The van der Waals surface area contributed by atoms with Crippen LogP contribution in [-0.2, 0) is 4.79 Å². The van der Waals surface area contributed by atoms with E-state index < -0.39 is 11.2 Å². The number of methoxy groups -OCH3 is 1. The number of nitrogens with one attached hydrogen (secondary N) is 1. The minimum absolute atomic E-state index is 0.225. The van der Waals surface area contributed by atoms with Crippen LogP contribution in [0.5, 0.6) is 5.75 Å². The topological polar surface area (TPSA) is 64.3 Å². The van der Waals surface area contributed by atoms with Crippen molar-refractivity contribution in [3.05, 3.63) is 24.0 Å². The van der Waals surface area contributed by atoms with Crippen LogP contribution >= 0.6 is 0 Å².